The first-order chi connectivity index (χ1) is 12.7. The molecule has 0 aliphatic heterocycles. The molecule has 0 unspecified atom stereocenters. The van der Waals surface area contributed by atoms with E-state index in [1.165, 1.54) is 0 Å². The first-order valence-corrected chi connectivity index (χ1v) is 8.69. The number of aryl methyl sites for hydroxylation is 1. The largest absolute Gasteiger partial charge is 0.459 e. The van der Waals surface area contributed by atoms with Crippen LogP contribution in [0.4, 0.5) is 0 Å². The van der Waals surface area contributed by atoms with Crippen LogP contribution in [0.2, 0.25) is 0 Å². The van der Waals surface area contributed by atoms with Gasteiger partial charge in [-0.15, -0.1) is 0 Å². The lowest BCUT2D eigenvalue weighted by molar-refractivity contribution is -0.131. The summed E-state index contributed by atoms with van der Waals surface area (Å²) in [6, 6.07) is 13.5. The van der Waals surface area contributed by atoms with Gasteiger partial charge in [-0.25, -0.2) is 4.98 Å². The van der Waals surface area contributed by atoms with Gasteiger partial charge in [0.05, 0.1) is 18.4 Å². The Labute approximate surface area is 152 Å². The Morgan fingerprint density at radius 3 is 2.69 bits per heavy atom. The summed E-state index contributed by atoms with van der Waals surface area (Å²) in [4.78, 5) is 19.1. The second-order valence-electron chi connectivity index (χ2n) is 6.12. The number of furan rings is 1. The molecule has 0 atom stereocenters. The van der Waals surface area contributed by atoms with Crippen LogP contribution in [-0.4, -0.2) is 28.9 Å². The van der Waals surface area contributed by atoms with Crippen molar-refractivity contribution in [2.75, 3.05) is 13.1 Å². The van der Waals surface area contributed by atoms with Gasteiger partial charge in [0, 0.05) is 13.1 Å². The highest BCUT2D eigenvalue weighted by Crippen LogP contribution is 2.22. The lowest BCUT2D eigenvalue weighted by Crippen LogP contribution is -2.33. The third-order valence-electron chi connectivity index (χ3n) is 4.14. The van der Waals surface area contributed by atoms with Gasteiger partial charge < -0.3 is 19.5 Å². The van der Waals surface area contributed by atoms with Crippen molar-refractivity contribution in [2.24, 2.45) is 5.73 Å². The van der Waals surface area contributed by atoms with Crippen LogP contribution in [-0.2, 0) is 17.8 Å². The molecule has 3 rings (SSSR count). The summed E-state index contributed by atoms with van der Waals surface area (Å²) in [7, 11) is 0. The molecule has 6 heteroatoms. The lowest BCUT2D eigenvalue weighted by Gasteiger charge is -2.22. The van der Waals surface area contributed by atoms with Crippen LogP contribution in [0.1, 0.15) is 23.4 Å². The van der Waals surface area contributed by atoms with Gasteiger partial charge in [0.1, 0.15) is 5.76 Å². The van der Waals surface area contributed by atoms with Crippen molar-refractivity contribution < 1.29 is 13.6 Å². The number of nitrogens with zero attached hydrogens (tertiary/aromatic N) is 2. The fraction of sp³-hybridized carbons (Fsp3) is 0.300. The molecule has 0 aliphatic rings. The molecule has 6 nitrogen and oxygen atoms in total. The van der Waals surface area contributed by atoms with Crippen molar-refractivity contribution in [3.05, 3.63) is 65.7 Å². The molecule has 0 radical (unpaired) electrons. The first-order valence-electron chi connectivity index (χ1n) is 8.69. The number of aromatic nitrogens is 1. The van der Waals surface area contributed by atoms with Gasteiger partial charge >= 0.3 is 0 Å². The molecule has 0 fully saturated rings. The molecule has 0 spiro atoms. The number of carbonyl (C=O) groups excluding carboxylic acids is 1. The third kappa shape index (κ3) is 4.40. The number of rotatable bonds is 8. The van der Waals surface area contributed by atoms with E-state index in [9.17, 15) is 4.79 Å². The number of hydrogen-bond acceptors (Lipinski definition) is 5. The Hall–Kier alpha value is -2.86. The molecule has 26 heavy (non-hydrogen) atoms. The van der Waals surface area contributed by atoms with E-state index in [2.05, 4.69) is 4.98 Å². The number of carbonyl (C=O) groups is 1. The van der Waals surface area contributed by atoms with Gasteiger partial charge in [0.15, 0.2) is 5.76 Å². The molecule has 1 amide bonds. The second-order valence-corrected chi connectivity index (χ2v) is 6.12. The monoisotopic (exact) mass is 353 g/mol. The highest BCUT2D eigenvalue weighted by atomic mass is 16.4. The first kappa shape index (κ1) is 17.9. The number of oxazole rings is 1. The van der Waals surface area contributed by atoms with Gasteiger partial charge in [-0.1, -0.05) is 30.3 Å². The SMILES string of the molecule is Cc1oc(-c2ccco2)nc1CC(=O)N(CCCN)Cc1ccccc1. The lowest BCUT2D eigenvalue weighted by atomic mass is 10.2. The molecule has 0 saturated carbocycles. The molecule has 1 aromatic carbocycles. The number of nitrogens with two attached hydrogens (primary N) is 1. The summed E-state index contributed by atoms with van der Waals surface area (Å²) in [5, 5.41) is 0. The van der Waals surface area contributed by atoms with E-state index < -0.39 is 0 Å². The predicted octanol–water partition coefficient (Wildman–Crippen LogP) is 3.16. The maximum Gasteiger partial charge on any atom is 0.263 e. The second kappa shape index (κ2) is 8.49. The van der Waals surface area contributed by atoms with Crippen LogP contribution in [0.3, 0.4) is 0 Å². The summed E-state index contributed by atoms with van der Waals surface area (Å²) in [5.74, 6) is 1.58. The molecule has 2 N–H and O–H groups in total. The van der Waals surface area contributed by atoms with Gasteiger partial charge in [-0.3, -0.25) is 4.79 Å². The van der Waals surface area contributed by atoms with Crippen LogP contribution < -0.4 is 5.73 Å². The molecule has 2 aromatic heterocycles. The van der Waals surface area contributed by atoms with Crippen molar-refractivity contribution in [3.63, 3.8) is 0 Å². The van der Waals surface area contributed by atoms with Gasteiger partial charge in [-0.2, -0.15) is 0 Å². The minimum Gasteiger partial charge on any atom is -0.459 e. The molecular formula is C20H23N3O3. The van der Waals surface area contributed by atoms with Crippen LogP contribution in [0.25, 0.3) is 11.7 Å². The zero-order chi connectivity index (χ0) is 18.4. The maximum atomic E-state index is 12.9. The number of benzene rings is 1. The quantitative estimate of drug-likeness (QED) is 0.672. The average molecular weight is 353 g/mol. The molecule has 3 aromatic rings. The topological polar surface area (TPSA) is 85.5 Å². The van der Waals surface area contributed by atoms with Gasteiger partial charge in [-0.05, 0) is 37.6 Å². The van der Waals surface area contributed by atoms with Crippen LogP contribution >= 0.6 is 0 Å². The molecule has 0 aliphatic carbocycles. The summed E-state index contributed by atoms with van der Waals surface area (Å²) >= 11 is 0. The van der Waals surface area contributed by atoms with E-state index >= 15 is 0 Å². The Balaban J connectivity index is 1.72. The van der Waals surface area contributed by atoms with Crippen molar-refractivity contribution in [3.8, 4) is 11.7 Å². The Morgan fingerprint density at radius 2 is 2.00 bits per heavy atom. The minimum absolute atomic E-state index is 0.00435. The average Bonchev–Trinajstić information content (AvgIpc) is 3.30. The normalized spacial score (nSPS) is 10.8. The summed E-state index contributed by atoms with van der Waals surface area (Å²) < 4.78 is 11.0. The van der Waals surface area contributed by atoms with Crippen molar-refractivity contribution >= 4 is 5.91 Å². The van der Waals surface area contributed by atoms with Crippen molar-refractivity contribution in [2.45, 2.75) is 26.3 Å². The fourth-order valence-corrected chi connectivity index (χ4v) is 2.73. The van der Waals surface area contributed by atoms with E-state index in [1.54, 1.807) is 18.4 Å². The fourth-order valence-electron chi connectivity index (χ4n) is 2.73. The van der Waals surface area contributed by atoms with E-state index in [4.69, 9.17) is 14.6 Å². The number of hydrogen-bond donors (Lipinski definition) is 1. The van der Waals surface area contributed by atoms with Gasteiger partial charge in [0.25, 0.3) is 5.89 Å². The summed E-state index contributed by atoms with van der Waals surface area (Å²) in [5.41, 5.74) is 7.35. The molecule has 2 heterocycles. The van der Waals surface area contributed by atoms with Crippen molar-refractivity contribution in [1.29, 1.82) is 0 Å². The Kier molecular flexibility index (Phi) is 5.86. The van der Waals surface area contributed by atoms with Crippen LogP contribution in [0.5, 0.6) is 0 Å². The van der Waals surface area contributed by atoms with Crippen LogP contribution in [0.15, 0.2) is 57.6 Å². The van der Waals surface area contributed by atoms with E-state index in [0.717, 1.165) is 12.0 Å². The highest BCUT2D eigenvalue weighted by Gasteiger charge is 2.20. The molecule has 0 bridgehead atoms. The zero-order valence-corrected chi connectivity index (χ0v) is 14.9. The Morgan fingerprint density at radius 1 is 1.19 bits per heavy atom. The standard InChI is InChI=1S/C20H23N3O3/c1-15-17(22-20(26-15)18-9-5-12-25-18)13-19(24)23(11-6-10-21)14-16-7-3-2-4-8-16/h2-5,7-9,12H,6,10-11,13-14,21H2,1H3. The van der Waals surface area contributed by atoms with E-state index in [-0.39, 0.29) is 12.3 Å². The van der Waals surface area contributed by atoms with E-state index in [0.29, 0.717) is 42.7 Å². The Bertz CT molecular complexity index is 825. The maximum absolute atomic E-state index is 12.9. The van der Waals surface area contributed by atoms with Crippen LogP contribution in [0, 0.1) is 6.92 Å². The third-order valence-corrected chi connectivity index (χ3v) is 4.14. The molecule has 136 valence electrons. The number of amides is 1. The zero-order valence-electron chi connectivity index (χ0n) is 14.9. The predicted molar refractivity (Wildman–Crippen MR) is 98.2 cm³/mol. The smallest absolute Gasteiger partial charge is 0.263 e. The van der Waals surface area contributed by atoms with Gasteiger partial charge in [0.2, 0.25) is 5.91 Å². The molecular weight excluding hydrogens is 330 g/mol. The highest BCUT2D eigenvalue weighted by molar-refractivity contribution is 5.78. The summed E-state index contributed by atoms with van der Waals surface area (Å²) in [6.07, 6.45) is 2.51. The summed E-state index contributed by atoms with van der Waals surface area (Å²) in [6.45, 7) is 3.53. The molecule has 0 saturated heterocycles. The minimum atomic E-state index is 0.00435. The van der Waals surface area contributed by atoms with Crippen molar-refractivity contribution in [1.82, 2.24) is 9.88 Å². The van der Waals surface area contributed by atoms with E-state index in [1.807, 2.05) is 42.2 Å².